The molecule has 0 N–H and O–H groups in total. The Morgan fingerprint density at radius 2 is 0.875 bits per heavy atom. The normalized spacial score (nSPS) is 11.2. The Labute approximate surface area is 149 Å². The maximum Gasteiger partial charge on any atom is -0.0259 e. The largest absolute Gasteiger partial charge is 0.0958 e. The average Bonchev–Trinajstić information content (AvgIpc) is 2.50. The molecule has 0 aromatic heterocycles. The highest BCUT2D eigenvalue weighted by Crippen LogP contribution is 2.17. The summed E-state index contributed by atoms with van der Waals surface area (Å²) < 4.78 is 0. The van der Waals surface area contributed by atoms with Crippen LogP contribution in [0.3, 0.4) is 0 Å². The second-order valence-corrected chi connectivity index (χ2v) is 6.42. The predicted molar refractivity (Wildman–Crippen MR) is 111 cm³/mol. The van der Waals surface area contributed by atoms with Crippen molar-refractivity contribution in [2.75, 3.05) is 0 Å². The fourth-order valence-electron chi connectivity index (χ4n) is 1.59. The van der Waals surface area contributed by atoms with Crippen molar-refractivity contribution in [2.45, 2.75) is 41.5 Å². The van der Waals surface area contributed by atoms with Crippen LogP contribution in [0.25, 0.3) is 0 Å². The van der Waals surface area contributed by atoms with Crippen molar-refractivity contribution in [3.05, 3.63) is 107 Å². The van der Waals surface area contributed by atoms with Gasteiger partial charge in [-0.15, -0.1) is 0 Å². The van der Waals surface area contributed by atoms with Gasteiger partial charge in [-0.25, -0.2) is 0 Å². The second kappa shape index (κ2) is 10.4. The first-order chi connectivity index (χ1) is 11.0. The van der Waals surface area contributed by atoms with E-state index in [-0.39, 0.29) is 0 Å². The minimum atomic E-state index is 0.918. The number of benzene rings is 1. The smallest absolute Gasteiger partial charge is 0.0259 e. The van der Waals surface area contributed by atoms with E-state index in [0.29, 0.717) is 0 Å². The quantitative estimate of drug-likeness (QED) is 0.494. The van der Waals surface area contributed by atoms with Crippen molar-refractivity contribution in [1.82, 2.24) is 0 Å². The fraction of sp³-hybridized carbons (Fsp3) is 0.250. The van der Waals surface area contributed by atoms with Crippen LogP contribution in [0.1, 0.15) is 38.8 Å². The van der Waals surface area contributed by atoms with E-state index in [1.54, 1.807) is 0 Å². The monoisotopic (exact) mass is 320 g/mol. The second-order valence-electron chi connectivity index (χ2n) is 6.42. The summed E-state index contributed by atoms with van der Waals surface area (Å²) in [5.41, 5.74) is 8.86. The Morgan fingerprint density at radius 3 is 1.08 bits per heavy atom. The molecular weight excluding hydrogens is 288 g/mol. The molecule has 0 heteroatoms. The standard InChI is InChI=1S/C16H22.C8H10/c1-11(2)13(5)9-15(7)16(8)10-14(6)12(3)4;1-7-3-5-8(2)6-4-7/h9-10H,1,3,7-8H2,2,4-6H3;3-6H,1-2H3/b13-9-,14-10-;. The van der Waals surface area contributed by atoms with Crippen LogP contribution < -0.4 is 0 Å². The number of allylic oxidation sites excluding steroid dienone is 8. The maximum atomic E-state index is 4.00. The van der Waals surface area contributed by atoms with Crippen LogP contribution in [0.15, 0.2) is 96.2 Å². The molecule has 0 atom stereocenters. The lowest BCUT2D eigenvalue weighted by atomic mass is 10.0. The lowest BCUT2D eigenvalue weighted by Crippen LogP contribution is -1.85. The zero-order valence-electron chi connectivity index (χ0n) is 16.3. The van der Waals surface area contributed by atoms with Gasteiger partial charge in [0.25, 0.3) is 0 Å². The summed E-state index contributed by atoms with van der Waals surface area (Å²) in [5, 5.41) is 0. The van der Waals surface area contributed by atoms with Crippen molar-refractivity contribution in [3.63, 3.8) is 0 Å². The van der Waals surface area contributed by atoms with Gasteiger partial charge in [-0.3, -0.25) is 0 Å². The molecule has 0 nitrogen and oxygen atoms in total. The highest BCUT2D eigenvalue weighted by molar-refractivity contribution is 5.49. The Hall–Kier alpha value is -2.34. The van der Waals surface area contributed by atoms with E-state index >= 15 is 0 Å². The topological polar surface area (TPSA) is 0 Å². The molecule has 1 aromatic carbocycles. The van der Waals surface area contributed by atoms with Crippen molar-refractivity contribution >= 4 is 0 Å². The molecule has 128 valence electrons. The molecular formula is C24H32. The van der Waals surface area contributed by atoms with E-state index in [1.807, 2.05) is 39.8 Å². The maximum absolute atomic E-state index is 4.00. The lowest BCUT2D eigenvalue weighted by Gasteiger charge is -2.05. The SMILES string of the molecule is C=C(/C=C(/C)C(=C)C)C(=C)/C=C(/C)C(=C)C.Cc1ccc(C)cc1. The van der Waals surface area contributed by atoms with Crippen LogP contribution in [0.4, 0.5) is 0 Å². The minimum Gasteiger partial charge on any atom is -0.0958 e. The third-order valence-corrected chi connectivity index (χ3v) is 3.76. The van der Waals surface area contributed by atoms with Crippen molar-refractivity contribution in [2.24, 2.45) is 0 Å². The Morgan fingerprint density at radius 1 is 0.625 bits per heavy atom. The average molecular weight is 321 g/mol. The summed E-state index contributed by atoms with van der Waals surface area (Å²) in [7, 11) is 0. The van der Waals surface area contributed by atoms with Crippen molar-refractivity contribution in [3.8, 4) is 0 Å². The molecule has 24 heavy (non-hydrogen) atoms. The van der Waals surface area contributed by atoms with Gasteiger partial charge in [-0.2, -0.15) is 0 Å². The number of aryl methyl sites for hydroxylation is 2. The van der Waals surface area contributed by atoms with Crippen LogP contribution >= 0.6 is 0 Å². The lowest BCUT2D eigenvalue weighted by molar-refractivity contribution is 1.33. The molecule has 0 saturated heterocycles. The highest BCUT2D eigenvalue weighted by Gasteiger charge is 1.98. The summed E-state index contributed by atoms with van der Waals surface area (Å²) in [6, 6.07) is 8.48. The summed E-state index contributed by atoms with van der Waals surface area (Å²) in [6.07, 6.45) is 4.01. The molecule has 0 radical (unpaired) electrons. The van der Waals surface area contributed by atoms with Crippen LogP contribution in [0.2, 0.25) is 0 Å². The van der Waals surface area contributed by atoms with Crippen LogP contribution in [-0.4, -0.2) is 0 Å². The molecule has 0 aliphatic rings. The Kier molecular flexibility index (Phi) is 9.42. The number of hydrogen-bond acceptors (Lipinski definition) is 0. The number of hydrogen-bond donors (Lipinski definition) is 0. The molecule has 1 rings (SSSR count). The first-order valence-corrected chi connectivity index (χ1v) is 8.14. The van der Waals surface area contributed by atoms with E-state index in [4.69, 9.17) is 0 Å². The van der Waals surface area contributed by atoms with Crippen molar-refractivity contribution < 1.29 is 0 Å². The first kappa shape index (κ1) is 21.7. The van der Waals surface area contributed by atoms with Gasteiger partial charge in [0, 0.05) is 0 Å². The van der Waals surface area contributed by atoms with Crippen LogP contribution in [0.5, 0.6) is 0 Å². The Bertz CT molecular complexity index is 612. The van der Waals surface area contributed by atoms with E-state index in [2.05, 4.69) is 64.4 Å². The van der Waals surface area contributed by atoms with Gasteiger partial charge in [0.1, 0.15) is 0 Å². The van der Waals surface area contributed by atoms with E-state index in [1.165, 1.54) is 11.1 Å². The van der Waals surface area contributed by atoms with Crippen molar-refractivity contribution in [1.29, 1.82) is 0 Å². The van der Waals surface area contributed by atoms with E-state index < -0.39 is 0 Å². The van der Waals surface area contributed by atoms with Crippen LogP contribution in [-0.2, 0) is 0 Å². The molecule has 0 aliphatic heterocycles. The van der Waals surface area contributed by atoms with E-state index in [9.17, 15) is 0 Å². The molecule has 0 fully saturated rings. The molecule has 0 saturated carbocycles. The molecule has 0 spiro atoms. The summed E-state index contributed by atoms with van der Waals surface area (Å²) >= 11 is 0. The molecule has 0 bridgehead atoms. The molecule has 0 unspecified atom stereocenters. The summed E-state index contributed by atoms with van der Waals surface area (Å²) in [4.78, 5) is 0. The van der Waals surface area contributed by atoms with Gasteiger partial charge < -0.3 is 0 Å². The molecule has 0 amide bonds. The van der Waals surface area contributed by atoms with Crippen LogP contribution in [0, 0.1) is 13.8 Å². The molecule has 0 heterocycles. The first-order valence-electron chi connectivity index (χ1n) is 8.14. The highest BCUT2D eigenvalue weighted by atomic mass is 14.0. The zero-order valence-corrected chi connectivity index (χ0v) is 16.3. The third-order valence-electron chi connectivity index (χ3n) is 3.76. The van der Waals surface area contributed by atoms with Gasteiger partial charge in [-0.05, 0) is 63.8 Å². The molecule has 0 aliphatic carbocycles. The van der Waals surface area contributed by atoms with Gasteiger partial charge in [0.2, 0.25) is 0 Å². The minimum absolute atomic E-state index is 0.918. The fourth-order valence-corrected chi connectivity index (χ4v) is 1.59. The number of rotatable bonds is 5. The Balaban J connectivity index is 0.000000546. The summed E-state index contributed by atoms with van der Waals surface area (Å²) in [6.45, 7) is 28.0. The predicted octanol–water partition coefficient (Wildman–Crippen LogP) is 7.45. The van der Waals surface area contributed by atoms with Gasteiger partial charge in [-0.1, -0.05) is 85.0 Å². The van der Waals surface area contributed by atoms with Gasteiger partial charge >= 0.3 is 0 Å². The third kappa shape index (κ3) is 8.95. The van der Waals surface area contributed by atoms with Gasteiger partial charge in [0.05, 0.1) is 0 Å². The van der Waals surface area contributed by atoms with Gasteiger partial charge in [0.15, 0.2) is 0 Å². The summed E-state index contributed by atoms with van der Waals surface area (Å²) in [5.74, 6) is 0. The van der Waals surface area contributed by atoms with E-state index in [0.717, 1.165) is 33.4 Å². The zero-order chi connectivity index (χ0) is 18.9. The molecule has 1 aromatic rings.